The average molecular weight is 536 g/mol. The molecule has 0 saturated heterocycles. The molecular weight excluding hydrogens is 488 g/mol. The highest BCUT2D eigenvalue weighted by Crippen LogP contribution is 2.54. The van der Waals surface area contributed by atoms with Crippen molar-refractivity contribution in [3.8, 4) is 0 Å². The minimum absolute atomic E-state index is 1.46. The quantitative estimate of drug-likeness (QED) is 0.232. The number of hydrogen-bond donors (Lipinski definition) is 0. The standard InChI is InChI=1S/C16H48Cl2Si8/c1-19(2,3)25(20(4,5)6,23(13,14)17)26(21(7,8)9,22(10,11)12)24(15,16)18/h1-16H3. The van der Waals surface area contributed by atoms with Crippen molar-refractivity contribution in [3.05, 3.63) is 0 Å². The van der Waals surface area contributed by atoms with E-state index in [0.717, 1.165) is 0 Å². The first kappa shape index (κ1) is 28.3. The van der Waals surface area contributed by atoms with Crippen LogP contribution in [0.25, 0.3) is 0 Å². The molecule has 0 heterocycles. The fraction of sp³-hybridized carbons (Fsp3) is 1.00. The minimum atomic E-state index is -1.86. The molecule has 0 fully saturated rings. The van der Waals surface area contributed by atoms with Crippen molar-refractivity contribution in [2.24, 2.45) is 0 Å². The third-order valence-corrected chi connectivity index (χ3v) is 231. The Morgan fingerprint density at radius 2 is 0.423 bits per heavy atom. The van der Waals surface area contributed by atoms with E-state index in [0.29, 0.717) is 0 Å². The second kappa shape index (κ2) is 7.47. The van der Waals surface area contributed by atoms with Gasteiger partial charge in [0, 0.05) is 42.7 Å². The van der Waals surface area contributed by atoms with Gasteiger partial charge in [-0.15, -0.1) is 0 Å². The van der Waals surface area contributed by atoms with Gasteiger partial charge in [-0.1, -0.05) is 105 Å². The maximum atomic E-state index is 7.84. The van der Waals surface area contributed by atoms with Crippen molar-refractivity contribution in [2.75, 3.05) is 0 Å². The molecule has 0 atom stereocenters. The summed E-state index contributed by atoms with van der Waals surface area (Å²) in [6, 6.07) is 0. The van der Waals surface area contributed by atoms with E-state index >= 15 is 0 Å². The van der Waals surface area contributed by atoms with Gasteiger partial charge >= 0.3 is 0 Å². The van der Waals surface area contributed by atoms with Crippen LogP contribution < -0.4 is 0 Å². The monoisotopic (exact) mass is 534 g/mol. The second-order valence-corrected chi connectivity index (χ2v) is 109. The largest absolute Gasteiger partial charge is 0.172 e. The van der Waals surface area contributed by atoms with E-state index in [1.807, 2.05) is 0 Å². The zero-order chi connectivity index (χ0) is 22.0. The van der Waals surface area contributed by atoms with Crippen molar-refractivity contribution in [1.82, 2.24) is 0 Å². The zero-order valence-corrected chi connectivity index (χ0v) is 30.3. The first-order chi connectivity index (χ1) is 10.8. The number of halogens is 2. The molecule has 0 spiro atoms. The maximum absolute atomic E-state index is 7.84. The van der Waals surface area contributed by atoms with E-state index in [-0.39, 0.29) is 0 Å². The Kier molecular flexibility index (Phi) is 8.14. The van der Waals surface area contributed by atoms with E-state index in [4.69, 9.17) is 22.2 Å². The van der Waals surface area contributed by atoms with Crippen molar-refractivity contribution in [1.29, 1.82) is 0 Å². The van der Waals surface area contributed by atoms with Crippen LogP contribution in [0.15, 0.2) is 0 Å². The first-order valence-corrected chi connectivity index (χ1v) is 43.2. The molecule has 0 N–H and O–H groups in total. The van der Waals surface area contributed by atoms with Crippen LogP contribution in [-0.2, 0) is 0 Å². The molecule has 0 unspecified atom stereocenters. The van der Waals surface area contributed by atoms with Gasteiger partial charge in [0.05, 0.1) is 0 Å². The Hall–Kier alpha value is 2.32. The van der Waals surface area contributed by atoms with Gasteiger partial charge in [-0.05, 0) is 0 Å². The summed E-state index contributed by atoms with van der Waals surface area (Å²) >= 11 is 15.7. The summed E-state index contributed by atoms with van der Waals surface area (Å²) in [5, 5.41) is 0. The SMILES string of the molecule is C[Si](C)(C)[Si]([Si](C)(C)C)([Si](C)(C)Cl)[Si]([Si](C)(C)C)([Si](C)(C)C)[Si](C)(C)Cl. The molecule has 0 aliphatic rings. The van der Waals surface area contributed by atoms with E-state index in [1.165, 1.54) is 0 Å². The molecule has 0 saturated carbocycles. The molecule has 26 heavy (non-hydrogen) atoms. The van der Waals surface area contributed by atoms with E-state index in [1.54, 1.807) is 0 Å². The Balaban J connectivity index is 8.17. The van der Waals surface area contributed by atoms with Gasteiger partial charge in [0.2, 0.25) is 0 Å². The van der Waals surface area contributed by atoms with E-state index in [9.17, 15) is 0 Å². The molecule has 0 aromatic rings. The Labute approximate surface area is 182 Å². The van der Waals surface area contributed by atoms with E-state index < -0.39 is 56.5 Å². The molecule has 0 nitrogen and oxygen atoms in total. The molecular formula is C16H48Cl2Si8. The first-order valence-electron chi connectivity index (χ1n) is 10.1. The molecule has 0 aromatic heterocycles. The number of rotatable bonds is 7. The van der Waals surface area contributed by atoms with E-state index in [2.05, 4.69) is 105 Å². The predicted molar refractivity (Wildman–Crippen MR) is 152 cm³/mol. The maximum Gasteiger partial charge on any atom is 0.133 e. The van der Waals surface area contributed by atoms with Gasteiger partial charge in [-0.3, -0.25) is 0 Å². The second-order valence-electron chi connectivity index (χ2n) is 13.4. The van der Waals surface area contributed by atoms with Crippen molar-refractivity contribution in [2.45, 2.75) is 105 Å². The van der Waals surface area contributed by atoms with Crippen LogP contribution in [0.3, 0.4) is 0 Å². The van der Waals surface area contributed by atoms with Gasteiger partial charge in [-0.25, -0.2) is 0 Å². The molecule has 0 aliphatic carbocycles. The summed E-state index contributed by atoms with van der Waals surface area (Å²) in [7, 11) is -5.84. The fourth-order valence-electron chi connectivity index (χ4n) is 8.96. The Bertz CT molecular complexity index is 387. The summed E-state index contributed by atoms with van der Waals surface area (Å²) in [5.41, 5.74) is 0. The highest BCUT2D eigenvalue weighted by atomic mass is 35.6. The molecule has 0 aromatic carbocycles. The summed E-state index contributed by atoms with van der Waals surface area (Å²) in [6.07, 6.45) is -3.42. The van der Waals surface area contributed by atoms with Gasteiger partial charge < -0.3 is 0 Å². The Morgan fingerprint density at radius 3 is 0.462 bits per heavy atom. The lowest BCUT2D eigenvalue weighted by Gasteiger charge is -2.74. The van der Waals surface area contributed by atoms with Crippen LogP contribution in [0, 0.1) is 0 Å². The fourth-order valence-corrected chi connectivity index (χ4v) is 465. The molecule has 0 bridgehead atoms. The summed E-state index contributed by atoms with van der Waals surface area (Å²) in [4.78, 5) is 0. The third kappa shape index (κ3) is 3.95. The third-order valence-electron chi connectivity index (χ3n) is 6.85. The smallest absolute Gasteiger partial charge is 0.133 e. The molecule has 0 radical (unpaired) electrons. The van der Waals surface area contributed by atoms with Crippen molar-refractivity contribution < 1.29 is 0 Å². The van der Waals surface area contributed by atoms with Gasteiger partial charge in [-0.2, -0.15) is 22.2 Å². The van der Waals surface area contributed by atoms with Gasteiger partial charge in [0.15, 0.2) is 0 Å². The molecule has 0 rings (SSSR count). The van der Waals surface area contributed by atoms with Crippen LogP contribution in [0.4, 0.5) is 0 Å². The van der Waals surface area contributed by atoms with Crippen LogP contribution >= 0.6 is 22.2 Å². The molecule has 10 heteroatoms. The lowest BCUT2D eigenvalue weighted by atomic mass is 11.8. The summed E-state index contributed by atoms with van der Waals surface area (Å²) in [5.74, 6) is 0. The highest BCUT2D eigenvalue weighted by molar-refractivity contribution is 8.31. The highest BCUT2D eigenvalue weighted by Gasteiger charge is 2.82. The lowest BCUT2D eigenvalue weighted by Crippen LogP contribution is -3.06. The summed E-state index contributed by atoms with van der Waals surface area (Å²) < 4.78 is 0. The van der Waals surface area contributed by atoms with Gasteiger partial charge in [0.25, 0.3) is 0 Å². The normalized spacial score (nSPS) is 16.8. The average Bonchev–Trinajstić information content (AvgIpc) is 2.12. The number of hydrogen-bond acceptors (Lipinski definition) is 0. The van der Waals surface area contributed by atoms with Crippen molar-refractivity contribution in [3.63, 3.8) is 0 Å². The van der Waals surface area contributed by atoms with Gasteiger partial charge in [0.1, 0.15) is 13.8 Å². The lowest BCUT2D eigenvalue weighted by molar-refractivity contribution is 1.75. The molecule has 158 valence electrons. The molecule has 0 amide bonds. The topological polar surface area (TPSA) is 0 Å². The van der Waals surface area contributed by atoms with Crippen LogP contribution in [0.1, 0.15) is 0 Å². The van der Waals surface area contributed by atoms with Crippen LogP contribution in [-0.4, -0.2) is 56.5 Å². The molecule has 0 aliphatic heterocycles. The zero-order valence-electron chi connectivity index (χ0n) is 20.8. The predicted octanol–water partition coefficient (Wildman–Crippen LogP) is 7.67. The van der Waals surface area contributed by atoms with Crippen LogP contribution in [0.5, 0.6) is 0 Å². The minimum Gasteiger partial charge on any atom is -0.172 e. The van der Waals surface area contributed by atoms with Crippen LogP contribution in [0.2, 0.25) is 105 Å². The van der Waals surface area contributed by atoms with Crippen molar-refractivity contribution >= 4 is 78.6 Å². The summed E-state index contributed by atoms with van der Waals surface area (Å²) in [6.45, 7) is 39.4. The Morgan fingerprint density at radius 1 is 0.308 bits per heavy atom.